The van der Waals surface area contributed by atoms with Gasteiger partial charge in [-0.05, 0) is 22.2 Å². The van der Waals surface area contributed by atoms with Crippen molar-refractivity contribution in [3.05, 3.63) is 18.3 Å². The van der Waals surface area contributed by atoms with Gasteiger partial charge in [-0.15, -0.1) is 5.10 Å². The van der Waals surface area contributed by atoms with E-state index in [4.69, 9.17) is 24.2 Å². The molecule has 0 aliphatic heterocycles. The van der Waals surface area contributed by atoms with E-state index >= 15 is 0 Å². The fourth-order valence-corrected chi connectivity index (χ4v) is 2.48. The Hall–Kier alpha value is -2.52. The Labute approximate surface area is 125 Å². The monoisotopic (exact) mass is 322 g/mol. The number of phosphoric acid groups is 1. The van der Waals surface area contributed by atoms with Crippen LogP contribution in [-0.4, -0.2) is 33.4 Å². The summed E-state index contributed by atoms with van der Waals surface area (Å²) >= 11 is 0. The number of phosphoric ester groups is 1. The fourth-order valence-electron chi connectivity index (χ4n) is 1.39. The van der Waals surface area contributed by atoms with Crippen molar-refractivity contribution < 1.29 is 18.2 Å². The smallest absolute Gasteiger partial charge is 0.289 e. The van der Waals surface area contributed by atoms with Crippen molar-refractivity contribution in [2.75, 3.05) is 13.2 Å². The molecule has 22 heavy (non-hydrogen) atoms. The molecule has 0 unspecified atom stereocenters. The van der Waals surface area contributed by atoms with Gasteiger partial charge in [0.05, 0.1) is 38.2 Å². The highest BCUT2D eigenvalue weighted by Gasteiger charge is 2.31. The van der Waals surface area contributed by atoms with Crippen LogP contribution in [0.1, 0.15) is 12.8 Å². The predicted molar refractivity (Wildman–Crippen MR) is 71.9 cm³/mol. The first-order valence-corrected chi connectivity index (χ1v) is 7.64. The van der Waals surface area contributed by atoms with Crippen LogP contribution >= 0.6 is 7.82 Å². The number of fused-ring (bicyclic) bond motifs is 1. The molecular formula is C11H11N6O4P. The zero-order valence-corrected chi connectivity index (χ0v) is 12.2. The van der Waals surface area contributed by atoms with Crippen molar-refractivity contribution in [1.29, 1.82) is 10.5 Å². The molecule has 2 aromatic rings. The highest BCUT2D eigenvalue weighted by molar-refractivity contribution is 7.48. The van der Waals surface area contributed by atoms with Gasteiger partial charge in [-0.1, -0.05) is 0 Å². The van der Waals surface area contributed by atoms with Crippen LogP contribution in [-0.2, 0) is 13.6 Å². The van der Waals surface area contributed by atoms with E-state index in [0.29, 0.717) is 5.52 Å². The summed E-state index contributed by atoms with van der Waals surface area (Å²) in [5, 5.41) is 24.4. The van der Waals surface area contributed by atoms with Crippen LogP contribution < -0.4 is 4.62 Å². The number of nitrogens with zero attached hydrogens (tertiary/aromatic N) is 6. The van der Waals surface area contributed by atoms with Gasteiger partial charge in [-0.2, -0.15) is 10.5 Å². The minimum Gasteiger partial charge on any atom is -0.289 e. The van der Waals surface area contributed by atoms with Gasteiger partial charge in [0.1, 0.15) is 5.52 Å². The molecule has 0 saturated heterocycles. The van der Waals surface area contributed by atoms with E-state index in [0.717, 1.165) is 4.85 Å². The van der Waals surface area contributed by atoms with E-state index in [9.17, 15) is 4.57 Å². The summed E-state index contributed by atoms with van der Waals surface area (Å²) in [6.07, 6.45) is 1.50. The Balaban J connectivity index is 2.16. The number of hydrogen-bond acceptors (Lipinski definition) is 9. The summed E-state index contributed by atoms with van der Waals surface area (Å²) in [6, 6.07) is 6.99. The Morgan fingerprint density at radius 3 is 2.55 bits per heavy atom. The molecule has 0 aliphatic rings. The van der Waals surface area contributed by atoms with Gasteiger partial charge in [0.2, 0.25) is 5.65 Å². The van der Waals surface area contributed by atoms with Crippen LogP contribution in [0, 0.1) is 22.7 Å². The number of nitriles is 2. The second-order valence-electron chi connectivity index (χ2n) is 3.82. The molecule has 2 aromatic heterocycles. The van der Waals surface area contributed by atoms with E-state index < -0.39 is 7.82 Å². The van der Waals surface area contributed by atoms with Gasteiger partial charge >= 0.3 is 7.82 Å². The zero-order chi connectivity index (χ0) is 15.8. The van der Waals surface area contributed by atoms with Gasteiger partial charge in [0.15, 0.2) is 0 Å². The molecule has 0 bridgehead atoms. The first kappa shape index (κ1) is 15.9. The lowest BCUT2D eigenvalue weighted by molar-refractivity contribution is 0.0963. The zero-order valence-electron chi connectivity index (χ0n) is 11.3. The van der Waals surface area contributed by atoms with E-state index in [-0.39, 0.29) is 31.7 Å². The fraction of sp³-hybridized carbons (Fsp3) is 0.364. The molecule has 10 nitrogen and oxygen atoms in total. The maximum atomic E-state index is 12.5. The lowest BCUT2D eigenvalue weighted by Gasteiger charge is -2.16. The third-order valence-corrected chi connectivity index (χ3v) is 3.64. The quantitative estimate of drug-likeness (QED) is 0.519. The van der Waals surface area contributed by atoms with Crippen molar-refractivity contribution >= 4 is 19.0 Å². The second-order valence-corrected chi connectivity index (χ2v) is 5.39. The van der Waals surface area contributed by atoms with Crippen LogP contribution in [0.15, 0.2) is 18.3 Å². The molecular weight excluding hydrogens is 311 g/mol. The van der Waals surface area contributed by atoms with Crippen LogP contribution in [0.25, 0.3) is 11.2 Å². The van der Waals surface area contributed by atoms with Gasteiger partial charge in [-0.25, -0.2) is 9.55 Å². The Morgan fingerprint density at radius 2 is 1.91 bits per heavy atom. The Morgan fingerprint density at radius 1 is 1.23 bits per heavy atom. The molecule has 0 aromatic carbocycles. The topological polar surface area (TPSA) is 136 Å². The molecule has 114 valence electrons. The number of aromatic nitrogens is 4. The highest BCUT2D eigenvalue weighted by atomic mass is 31.2. The summed E-state index contributed by atoms with van der Waals surface area (Å²) in [5.74, 6) is 0. The minimum absolute atomic E-state index is 0.00527. The minimum atomic E-state index is -4.05. The largest absolute Gasteiger partial charge is 0.550 e. The molecule has 0 spiro atoms. The lowest BCUT2D eigenvalue weighted by Crippen LogP contribution is -2.15. The van der Waals surface area contributed by atoms with Gasteiger partial charge in [0, 0.05) is 6.20 Å². The average molecular weight is 322 g/mol. The predicted octanol–water partition coefficient (Wildman–Crippen LogP) is 1.22. The van der Waals surface area contributed by atoms with Crippen molar-refractivity contribution in [2.45, 2.75) is 12.8 Å². The molecule has 0 fully saturated rings. The summed E-state index contributed by atoms with van der Waals surface area (Å²) in [6.45, 7) is -0.305. The molecule has 11 heteroatoms. The van der Waals surface area contributed by atoms with E-state index in [1.54, 1.807) is 12.1 Å². The maximum absolute atomic E-state index is 12.5. The second kappa shape index (κ2) is 7.48. The summed E-state index contributed by atoms with van der Waals surface area (Å²) in [7, 11) is -4.05. The normalized spacial score (nSPS) is 11.0. The summed E-state index contributed by atoms with van der Waals surface area (Å²) in [4.78, 5) is 4.82. The molecule has 2 rings (SSSR count). The third kappa shape index (κ3) is 3.99. The maximum Gasteiger partial charge on any atom is 0.550 e. The molecule has 0 aliphatic carbocycles. The van der Waals surface area contributed by atoms with E-state index in [1.165, 1.54) is 6.20 Å². The molecule has 0 atom stereocenters. The van der Waals surface area contributed by atoms with Crippen LogP contribution in [0.2, 0.25) is 0 Å². The summed E-state index contributed by atoms with van der Waals surface area (Å²) in [5.41, 5.74) is 0.665. The van der Waals surface area contributed by atoms with Crippen LogP contribution in [0.4, 0.5) is 0 Å². The van der Waals surface area contributed by atoms with Gasteiger partial charge in [0.25, 0.3) is 0 Å². The van der Waals surface area contributed by atoms with E-state index in [1.807, 2.05) is 12.1 Å². The van der Waals surface area contributed by atoms with Crippen molar-refractivity contribution in [3.63, 3.8) is 0 Å². The number of pyridine rings is 1. The third-order valence-electron chi connectivity index (χ3n) is 2.28. The van der Waals surface area contributed by atoms with Crippen LogP contribution in [0.5, 0.6) is 0 Å². The van der Waals surface area contributed by atoms with E-state index in [2.05, 4.69) is 15.3 Å². The molecule has 0 saturated carbocycles. The summed E-state index contributed by atoms with van der Waals surface area (Å²) < 4.78 is 27.6. The average Bonchev–Trinajstić information content (AvgIpc) is 2.91. The first-order chi connectivity index (χ1) is 10.7. The van der Waals surface area contributed by atoms with Crippen molar-refractivity contribution in [2.24, 2.45) is 0 Å². The van der Waals surface area contributed by atoms with Gasteiger partial charge in [-0.3, -0.25) is 13.7 Å². The first-order valence-electron chi connectivity index (χ1n) is 6.18. The Bertz CT molecular complexity index is 740. The molecule has 0 radical (unpaired) electrons. The molecule has 2 heterocycles. The van der Waals surface area contributed by atoms with Gasteiger partial charge < -0.3 is 0 Å². The molecule has 0 N–H and O–H groups in total. The van der Waals surface area contributed by atoms with Crippen molar-refractivity contribution in [1.82, 2.24) is 20.1 Å². The highest BCUT2D eigenvalue weighted by Crippen LogP contribution is 2.46. The lowest BCUT2D eigenvalue weighted by atomic mass is 10.4. The molecule has 0 amide bonds. The standard InChI is InChI=1S/C11H11N6O4P/c12-5-2-8-19-22(18,20-9-3-6-13)21-17-11-10(15-16-17)4-1-7-14-11/h1,4,7H,2-3,8-9H2. The van der Waals surface area contributed by atoms with Crippen molar-refractivity contribution in [3.8, 4) is 12.1 Å². The van der Waals surface area contributed by atoms with Crippen LogP contribution in [0.3, 0.4) is 0 Å². The Kier molecular flexibility index (Phi) is 5.39. The number of rotatable bonds is 8. The number of hydrogen-bond donors (Lipinski definition) is 0. The SMILES string of the molecule is N#CCCOP(=O)(OCCC#N)On1nnc2cccnc21.